The number of hydrogen-bond acceptors (Lipinski definition) is 4. The summed E-state index contributed by atoms with van der Waals surface area (Å²) >= 11 is 0. The number of nitrogens with one attached hydrogen (secondary N) is 1. The molecule has 0 aliphatic carbocycles. The van der Waals surface area contributed by atoms with Gasteiger partial charge in [0.1, 0.15) is 6.61 Å². The summed E-state index contributed by atoms with van der Waals surface area (Å²) in [5.74, 6) is 1.06. The van der Waals surface area contributed by atoms with Gasteiger partial charge in [0.2, 0.25) is 5.91 Å². The summed E-state index contributed by atoms with van der Waals surface area (Å²) in [5, 5.41) is 2.87. The van der Waals surface area contributed by atoms with Crippen molar-refractivity contribution in [1.29, 1.82) is 0 Å². The van der Waals surface area contributed by atoms with Gasteiger partial charge in [-0.15, -0.1) is 0 Å². The van der Waals surface area contributed by atoms with Crippen LogP contribution in [0.5, 0.6) is 11.5 Å². The largest absolute Gasteiger partial charge is 0.493 e. The van der Waals surface area contributed by atoms with E-state index in [1.54, 1.807) is 19.3 Å². The van der Waals surface area contributed by atoms with Gasteiger partial charge in [0.15, 0.2) is 11.5 Å². The smallest absolute Gasteiger partial charge is 0.248 e. The highest BCUT2D eigenvalue weighted by atomic mass is 16.5. The van der Waals surface area contributed by atoms with Crippen molar-refractivity contribution in [2.24, 2.45) is 0 Å². The van der Waals surface area contributed by atoms with E-state index in [-0.39, 0.29) is 5.91 Å². The molecule has 2 aromatic rings. The van der Waals surface area contributed by atoms with Crippen LogP contribution in [0, 0.1) is 0 Å². The molecule has 1 N–H and O–H groups in total. The lowest BCUT2D eigenvalue weighted by molar-refractivity contribution is -0.111. The van der Waals surface area contributed by atoms with Crippen molar-refractivity contribution in [3.63, 3.8) is 0 Å². The van der Waals surface area contributed by atoms with Crippen molar-refractivity contribution < 1.29 is 14.3 Å². The fourth-order valence-corrected chi connectivity index (χ4v) is 2.52. The van der Waals surface area contributed by atoms with Crippen molar-refractivity contribution in [1.82, 2.24) is 4.90 Å². The zero-order chi connectivity index (χ0) is 20.4. The molecule has 5 nitrogen and oxygen atoms in total. The predicted octanol–water partition coefficient (Wildman–Crippen LogP) is 4.02. The quantitative estimate of drug-likeness (QED) is 0.500. The van der Waals surface area contributed by atoms with Gasteiger partial charge in [0.05, 0.1) is 7.11 Å². The summed E-state index contributed by atoms with van der Waals surface area (Å²) < 4.78 is 10.9. The molecule has 0 aromatic heterocycles. The number of anilines is 1. The van der Waals surface area contributed by atoms with Crippen molar-refractivity contribution in [2.45, 2.75) is 6.42 Å². The number of amides is 1. The number of hydrogen-bond donors (Lipinski definition) is 1. The molecule has 5 heteroatoms. The molecule has 0 unspecified atom stereocenters. The second-order valence-electron chi connectivity index (χ2n) is 6.58. The molecule has 28 heavy (non-hydrogen) atoms. The highest BCUT2D eigenvalue weighted by Crippen LogP contribution is 2.28. The standard InChI is InChI=1S/C23H28N2O3/c1-5-16-28-21-12-8-19(17-22(21)27-4)9-13-23(26)24-20-10-6-18(7-11-20)14-15-25(2)3/h5-13,17H,1,14-16H2,2-4H3,(H,24,26)/b13-9+. The number of ether oxygens (including phenoxy) is 2. The number of likely N-dealkylation sites (N-methyl/N-ethyl adjacent to an activating group) is 1. The first-order valence-corrected chi connectivity index (χ1v) is 9.16. The number of carbonyl (C=O) groups excluding carboxylic acids is 1. The van der Waals surface area contributed by atoms with Crippen LogP contribution in [0.4, 0.5) is 5.69 Å². The van der Waals surface area contributed by atoms with Crippen LogP contribution in [0.15, 0.2) is 61.2 Å². The second kappa shape index (κ2) is 10.9. The van der Waals surface area contributed by atoms with E-state index in [0.29, 0.717) is 18.1 Å². The van der Waals surface area contributed by atoms with E-state index in [4.69, 9.17) is 9.47 Å². The van der Waals surface area contributed by atoms with Gasteiger partial charge in [0.25, 0.3) is 0 Å². The van der Waals surface area contributed by atoms with E-state index >= 15 is 0 Å². The van der Waals surface area contributed by atoms with E-state index in [1.807, 2.05) is 42.5 Å². The van der Waals surface area contributed by atoms with Gasteiger partial charge in [-0.2, -0.15) is 0 Å². The highest BCUT2D eigenvalue weighted by molar-refractivity contribution is 6.01. The molecule has 0 heterocycles. The van der Waals surface area contributed by atoms with Gasteiger partial charge < -0.3 is 19.7 Å². The molecule has 2 aromatic carbocycles. The summed E-state index contributed by atoms with van der Waals surface area (Å²) in [6.07, 6.45) is 5.89. The van der Waals surface area contributed by atoms with E-state index < -0.39 is 0 Å². The lowest BCUT2D eigenvalue weighted by atomic mass is 10.1. The van der Waals surface area contributed by atoms with Gasteiger partial charge in [-0.25, -0.2) is 0 Å². The molecule has 0 saturated heterocycles. The van der Waals surface area contributed by atoms with Crippen LogP contribution in [-0.4, -0.2) is 45.2 Å². The molecule has 0 atom stereocenters. The highest BCUT2D eigenvalue weighted by Gasteiger charge is 2.05. The number of benzene rings is 2. The molecule has 0 bridgehead atoms. The summed E-state index contributed by atoms with van der Waals surface area (Å²) in [5.41, 5.74) is 2.86. The Hall–Kier alpha value is -3.05. The molecule has 2 rings (SSSR count). The maximum atomic E-state index is 12.2. The zero-order valence-corrected chi connectivity index (χ0v) is 16.8. The minimum Gasteiger partial charge on any atom is -0.493 e. The van der Waals surface area contributed by atoms with Crippen LogP contribution in [0.2, 0.25) is 0 Å². The lowest BCUT2D eigenvalue weighted by Gasteiger charge is -2.10. The first kappa shape index (κ1) is 21.3. The van der Waals surface area contributed by atoms with Gasteiger partial charge in [0, 0.05) is 18.3 Å². The molecule has 0 radical (unpaired) electrons. The maximum absolute atomic E-state index is 12.2. The second-order valence-corrected chi connectivity index (χ2v) is 6.58. The lowest BCUT2D eigenvalue weighted by Crippen LogP contribution is -2.15. The Morgan fingerprint density at radius 3 is 2.54 bits per heavy atom. The minimum atomic E-state index is -0.188. The van der Waals surface area contributed by atoms with Gasteiger partial charge in [-0.1, -0.05) is 30.9 Å². The molecular weight excluding hydrogens is 352 g/mol. The van der Waals surface area contributed by atoms with Crippen LogP contribution < -0.4 is 14.8 Å². The molecule has 0 aliphatic heterocycles. The Balaban J connectivity index is 1.95. The Labute approximate surface area is 167 Å². The fourth-order valence-electron chi connectivity index (χ4n) is 2.52. The Kier molecular flexibility index (Phi) is 8.31. The number of rotatable bonds is 10. The molecule has 148 valence electrons. The van der Waals surface area contributed by atoms with Crippen molar-refractivity contribution in [3.05, 3.63) is 72.3 Å². The number of methoxy groups -OCH3 is 1. The van der Waals surface area contributed by atoms with Crippen molar-refractivity contribution in [3.8, 4) is 11.5 Å². The average Bonchev–Trinajstić information content (AvgIpc) is 2.70. The first-order chi connectivity index (χ1) is 13.5. The monoisotopic (exact) mass is 380 g/mol. The number of carbonyl (C=O) groups is 1. The number of nitrogens with zero attached hydrogens (tertiary/aromatic N) is 1. The normalized spacial score (nSPS) is 10.9. The average molecular weight is 380 g/mol. The van der Waals surface area contributed by atoms with Crippen LogP contribution in [-0.2, 0) is 11.2 Å². The van der Waals surface area contributed by atoms with Crippen LogP contribution in [0.25, 0.3) is 6.08 Å². The molecule has 0 spiro atoms. The van der Waals surface area contributed by atoms with Crippen LogP contribution in [0.1, 0.15) is 11.1 Å². The van der Waals surface area contributed by atoms with E-state index in [0.717, 1.165) is 24.2 Å². The first-order valence-electron chi connectivity index (χ1n) is 9.16. The topological polar surface area (TPSA) is 50.8 Å². The van der Waals surface area contributed by atoms with Gasteiger partial charge in [-0.3, -0.25) is 4.79 Å². The summed E-state index contributed by atoms with van der Waals surface area (Å²) in [6, 6.07) is 13.4. The van der Waals surface area contributed by atoms with Crippen molar-refractivity contribution >= 4 is 17.7 Å². The van der Waals surface area contributed by atoms with Gasteiger partial charge in [-0.05, 0) is 62.0 Å². The summed E-state index contributed by atoms with van der Waals surface area (Å²) in [6.45, 7) is 5.03. The minimum absolute atomic E-state index is 0.188. The summed E-state index contributed by atoms with van der Waals surface area (Å²) in [7, 11) is 5.69. The Bertz CT molecular complexity index is 811. The third-order valence-corrected chi connectivity index (χ3v) is 4.04. The van der Waals surface area contributed by atoms with Crippen LogP contribution in [0.3, 0.4) is 0 Å². The van der Waals surface area contributed by atoms with Crippen LogP contribution >= 0.6 is 0 Å². The molecule has 1 amide bonds. The molecule has 0 saturated carbocycles. The van der Waals surface area contributed by atoms with E-state index in [2.05, 4.69) is 30.9 Å². The third kappa shape index (κ3) is 6.93. The molecular formula is C23H28N2O3. The predicted molar refractivity (Wildman–Crippen MR) is 115 cm³/mol. The van der Waals surface area contributed by atoms with Crippen molar-refractivity contribution in [2.75, 3.05) is 39.7 Å². The zero-order valence-electron chi connectivity index (χ0n) is 16.8. The SMILES string of the molecule is C=CCOc1ccc(/C=C/C(=O)Nc2ccc(CCN(C)C)cc2)cc1OC. The Morgan fingerprint density at radius 1 is 1.14 bits per heavy atom. The third-order valence-electron chi connectivity index (χ3n) is 4.04. The van der Waals surface area contributed by atoms with Gasteiger partial charge >= 0.3 is 0 Å². The maximum Gasteiger partial charge on any atom is 0.248 e. The summed E-state index contributed by atoms with van der Waals surface area (Å²) in [4.78, 5) is 14.3. The Morgan fingerprint density at radius 2 is 1.89 bits per heavy atom. The van der Waals surface area contributed by atoms with E-state index in [9.17, 15) is 4.79 Å². The molecule has 0 aliphatic rings. The fraction of sp³-hybridized carbons (Fsp3) is 0.261. The van der Waals surface area contributed by atoms with E-state index in [1.165, 1.54) is 11.6 Å². The molecule has 0 fully saturated rings.